The third-order valence-corrected chi connectivity index (χ3v) is 3.88. The van der Waals surface area contributed by atoms with Crippen LogP contribution in [0.2, 0.25) is 5.02 Å². The molecule has 0 aliphatic carbocycles. The Morgan fingerprint density at radius 1 is 1.10 bits per heavy atom. The summed E-state index contributed by atoms with van der Waals surface area (Å²) in [5.41, 5.74) is 2.19. The molecule has 0 aliphatic heterocycles. The lowest BCUT2D eigenvalue weighted by atomic mass is 10.2. The van der Waals surface area contributed by atoms with Gasteiger partial charge in [0.1, 0.15) is 12.4 Å². The maximum Gasteiger partial charge on any atom is 0.119 e. The van der Waals surface area contributed by atoms with Crippen LogP contribution in [-0.2, 0) is 11.3 Å². The number of ether oxygens (including phenoxy) is 2. The van der Waals surface area contributed by atoms with Crippen LogP contribution >= 0.6 is 27.5 Å². The Balaban J connectivity index is 1.88. The molecular formula is C16H17BrClNO2. The van der Waals surface area contributed by atoms with Crippen LogP contribution in [-0.4, -0.2) is 20.3 Å². The quantitative estimate of drug-likeness (QED) is 0.714. The van der Waals surface area contributed by atoms with Gasteiger partial charge in [0.25, 0.3) is 0 Å². The summed E-state index contributed by atoms with van der Waals surface area (Å²) in [7, 11) is 1.66. The molecule has 0 spiro atoms. The SMILES string of the molecule is COCCOc1ccc(NCc2ccc(Cl)cc2Br)cc1. The summed E-state index contributed by atoms with van der Waals surface area (Å²) in [5, 5.41) is 4.09. The second-order valence-electron chi connectivity index (χ2n) is 4.45. The van der Waals surface area contributed by atoms with Gasteiger partial charge < -0.3 is 14.8 Å². The lowest BCUT2D eigenvalue weighted by molar-refractivity contribution is 0.146. The number of hydrogen-bond acceptors (Lipinski definition) is 3. The Hall–Kier alpha value is -1.23. The predicted octanol–water partition coefficient (Wildman–Crippen LogP) is 4.74. The molecule has 0 saturated carbocycles. The molecule has 0 radical (unpaired) electrons. The fraction of sp³-hybridized carbons (Fsp3) is 0.250. The largest absolute Gasteiger partial charge is 0.491 e. The maximum absolute atomic E-state index is 5.93. The van der Waals surface area contributed by atoms with Crippen LogP contribution in [0.1, 0.15) is 5.56 Å². The highest BCUT2D eigenvalue weighted by molar-refractivity contribution is 9.10. The van der Waals surface area contributed by atoms with Crippen molar-refractivity contribution in [2.24, 2.45) is 0 Å². The number of rotatable bonds is 7. The molecule has 2 aromatic carbocycles. The average Bonchev–Trinajstić information content (AvgIpc) is 2.48. The molecule has 0 amide bonds. The summed E-state index contributed by atoms with van der Waals surface area (Å²) >= 11 is 9.44. The molecule has 0 aliphatic rings. The van der Waals surface area contributed by atoms with Crippen LogP contribution in [0.25, 0.3) is 0 Å². The van der Waals surface area contributed by atoms with E-state index in [-0.39, 0.29) is 0 Å². The molecule has 0 atom stereocenters. The van der Waals surface area contributed by atoms with E-state index in [0.29, 0.717) is 13.2 Å². The molecule has 5 heteroatoms. The van der Waals surface area contributed by atoms with Crippen LogP contribution in [0.3, 0.4) is 0 Å². The number of halogens is 2. The molecule has 21 heavy (non-hydrogen) atoms. The van der Waals surface area contributed by atoms with E-state index in [4.69, 9.17) is 21.1 Å². The van der Waals surface area contributed by atoms with Gasteiger partial charge in [-0.2, -0.15) is 0 Å². The lowest BCUT2D eigenvalue weighted by Gasteiger charge is -2.10. The second kappa shape index (κ2) is 8.27. The van der Waals surface area contributed by atoms with Gasteiger partial charge in [-0.25, -0.2) is 0 Å². The van der Waals surface area contributed by atoms with E-state index in [1.54, 1.807) is 7.11 Å². The van der Waals surface area contributed by atoms with E-state index in [9.17, 15) is 0 Å². The summed E-state index contributed by atoms with van der Waals surface area (Å²) in [5.74, 6) is 0.838. The fourth-order valence-corrected chi connectivity index (χ4v) is 2.60. The van der Waals surface area contributed by atoms with Crippen molar-refractivity contribution in [3.63, 3.8) is 0 Å². The Bertz CT molecular complexity index is 575. The third kappa shape index (κ3) is 5.23. The van der Waals surface area contributed by atoms with Crippen LogP contribution in [0.5, 0.6) is 5.75 Å². The average molecular weight is 371 g/mol. The number of benzene rings is 2. The zero-order valence-corrected chi connectivity index (χ0v) is 14.1. The lowest BCUT2D eigenvalue weighted by Crippen LogP contribution is -2.04. The monoisotopic (exact) mass is 369 g/mol. The molecule has 3 nitrogen and oxygen atoms in total. The Labute approximate surface area is 138 Å². The zero-order chi connectivity index (χ0) is 15.1. The van der Waals surface area contributed by atoms with Gasteiger partial charge in [-0.05, 0) is 42.0 Å². The van der Waals surface area contributed by atoms with Crippen LogP contribution in [0, 0.1) is 0 Å². The van der Waals surface area contributed by atoms with Gasteiger partial charge in [0.2, 0.25) is 0 Å². The van der Waals surface area contributed by atoms with Crippen molar-refractivity contribution in [1.82, 2.24) is 0 Å². The second-order valence-corrected chi connectivity index (χ2v) is 5.75. The van der Waals surface area contributed by atoms with Gasteiger partial charge in [0.15, 0.2) is 0 Å². The van der Waals surface area contributed by atoms with Crippen molar-refractivity contribution in [1.29, 1.82) is 0 Å². The van der Waals surface area contributed by atoms with Crippen LogP contribution < -0.4 is 10.1 Å². The summed E-state index contributed by atoms with van der Waals surface area (Å²) < 4.78 is 11.5. The Kier molecular flexibility index (Phi) is 6.36. The van der Waals surface area contributed by atoms with Crippen molar-refractivity contribution in [2.45, 2.75) is 6.54 Å². The predicted molar refractivity (Wildman–Crippen MR) is 90.3 cm³/mol. The fourth-order valence-electron chi connectivity index (χ4n) is 1.77. The highest BCUT2D eigenvalue weighted by Crippen LogP contribution is 2.23. The Morgan fingerprint density at radius 3 is 2.52 bits per heavy atom. The highest BCUT2D eigenvalue weighted by Gasteiger charge is 2.01. The van der Waals surface area contributed by atoms with Crippen molar-refractivity contribution in [2.75, 3.05) is 25.6 Å². The zero-order valence-electron chi connectivity index (χ0n) is 11.7. The van der Waals surface area contributed by atoms with Crippen molar-refractivity contribution < 1.29 is 9.47 Å². The van der Waals surface area contributed by atoms with Gasteiger partial charge in [0.05, 0.1) is 6.61 Å². The Morgan fingerprint density at radius 2 is 1.86 bits per heavy atom. The molecule has 2 aromatic rings. The molecule has 0 bridgehead atoms. The first-order chi connectivity index (χ1) is 10.2. The summed E-state index contributed by atoms with van der Waals surface area (Å²) in [6.45, 7) is 1.87. The van der Waals surface area contributed by atoms with Gasteiger partial charge in [-0.15, -0.1) is 0 Å². The highest BCUT2D eigenvalue weighted by atomic mass is 79.9. The number of hydrogen-bond donors (Lipinski definition) is 1. The van der Waals surface area contributed by atoms with E-state index < -0.39 is 0 Å². The minimum Gasteiger partial charge on any atom is -0.491 e. The first kappa shape index (κ1) is 16.1. The van der Waals surface area contributed by atoms with Crippen molar-refractivity contribution >= 4 is 33.2 Å². The van der Waals surface area contributed by atoms with Gasteiger partial charge >= 0.3 is 0 Å². The summed E-state index contributed by atoms with van der Waals surface area (Å²) in [6.07, 6.45) is 0. The first-order valence-corrected chi connectivity index (χ1v) is 7.76. The molecule has 0 saturated heterocycles. The van der Waals surface area contributed by atoms with Crippen LogP contribution in [0.4, 0.5) is 5.69 Å². The number of anilines is 1. The van der Waals surface area contributed by atoms with E-state index >= 15 is 0 Å². The summed E-state index contributed by atoms with van der Waals surface area (Å²) in [4.78, 5) is 0. The molecule has 0 aromatic heterocycles. The molecule has 1 N–H and O–H groups in total. The smallest absolute Gasteiger partial charge is 0.119 e. The van der Waals surface area contributed by atoms with Gasteiger partial charge in [0, 0.05) is 28.8 Å². The number of nitrogens with one attached hydrogen (secondary N) is 1. The summed E-state index contributed by atoms with van der Waals surface area (Å²) in [6, 6.07) is 13.6. The first-order valence-electron chi connectivity index (χ1n) is 6.58. The van der Waals surface area contributed by atoms with E-state index in [1.165, 1.54) is 0 Å². The molecular weight excluding hydrogens is 354 g/mol. The minimum absolute atomic E-state index is 0.557. The third-order valence-electron chi connectivity index (χ3n) is 2.91. The number of methoxy groups -OCH3 is 1. The van der Waals surface area contributed by atoms with Crippen LogP contribution in [0.15, 0.2) is 46.9 Å². The van der Waals surface area contributed by atoms with E-state index in [1.807, 2.05) is 42.5 Å². The van der Waals surface area contributed by atoms with Crippen molar-refractivity contribution in [3.8, 4) is 5.75 Å². The molecule has 112 valence electrons. The molecule has 0 heterocycles. The van der Waals surface area contributed by atoms with E-state index in [0.717, 1.165) is 33.0 Å². The van der Waals surface area contributed by atoms with Gasteiger partial charge in [-0.1, -0.05) is 33.6 Å². The molecule has 0 unspecified atom stereocenters. The van der Waals surface area contributed by atoms with E-state index in [2.05, 4.69) is 21.2 Å². The normalized spacial score (nSPS) is 10.4. The van der Waals surface area contributed by atoms with Crippen molar-refractivity contribution in [3.05, 3.63) is 57.5 Å². The standard InChI is InChI=1S/C16H17BrClNO2/c1-20-8-9-21-15-6-4-14(5-7-15)19-11-12-2-3-13(18)10-16(12)17/h2-7,10,19H,8-9,11H2,1H3. The van der Waals surface area contributed by atoms with Gasteiger partial charge in [-0.3, -0.25) is 0 Å². The topological polar surface area (TPSA) is 30.5 Å². The minimum atomic E-state index is 0.557. The molecule has 2 rings (SSSR count). The molecule has 0 fully saturated rings. The maximum atomic E-state index is 5.93.